The van der Waals surface area contributed by atoms with Gasteiger partial charge in [0.25, 0.3) is 0 Å². The fraction of sp³-hybridized carbons (Fsp3) is 0.656. The van der Waals surface area contributed by atoms with Crippen molar-refractivity contribution in [3.63, 3.8) is 0 Å². The molecule has 2 heterocycles. The number of unbranched alkanes of at least 4 members (excludes halogenated alkanes) is 11. The van der Waals surface area contributed by atoms with Crippen LogP contribution < -0.4 is 0 Å². The van der Waals surface area contributed by atoms with Crippen LogP contribution in [0.4, 0.5) is 4.39 Å². The van der Waals surface area contributed by atoms with Crippen molar-refractivity contribution in [1.29, 1.82) is 0 Å². The zero-order chi connectivity index (χ0) is 25.4. The first kappa shape index (κ1) is 28.8. The standard InChI is InChI=1S/C32H48FNO2/c1-3-5-7-9-11-13-15-17-27-18-19-28(22-30(27)33)31-21-20-29(23-34-31)32-35-24-26(25-36-32)16-14-12-10-8-6-4-2/h18-23,26,32H,3-17,24-25H2,1-2H3. The van der Waals surface area contributed by atoms with Crippen LogP contribution >= 0.6 is 0 Å². The van der Waals surface area contributed by atoms with Gasteiger partial charge in [-0.25, -0.2) is 4.39 Å². The lowest BCUT2D eigenvalue weighted by Crippen LogP contribution is -2.27. The molecular formula is C32H48FNO2. The maximum absolute atomic E-state index is 14.7. The van der Waals surface area contributed by atoms with Crippen LogP contribution in [0.5, 0.6) is 0 Å². The topological polar surface area (TPSA) is 31.4 Å². The van der Waals surface area contributed by atoms with E-state index in [0.29, 0.717) is 5.92 Å². The van der Waals surface area contributed by atoms with Crippen molar-refractivity contribution >= 4 is 0 Å². The lowest BCUT2D eigenvalue weighted by atomic mass is 10.0. The van der Waals surface area contributed by atoms with Gasteiger partial charge in [-0.3, -0.25) is 4.98 Å². The Hall–Kier alpha value is -1.78. The summed E-state index contributed by atoms with van der Waals surface area (Å²) >= 11 is 0. The molecule has 36 heavy (non-hydrogen) atoms. The molecule has 0 bridgehead atoms. The number of nitrogens with zero attached hydrogens (tertiary/aromatic N) is 1. The van der Waals surface area contributed by atoms with Crippen molar-refractivity contribution in [1.82, 2.24) is 4.98 Å². The predicted molar refractivity (Wildman–Crippen MR) is 147 cm³/mol. The largest absolute Gasteiger partial charge is 0.348 e. The molecule has 3 nitrogen and oxygen atoms in total. The number of halogens is 1. The van der Waals surface area contributed by atoms with Gasteiger partial charge in [-0.2, -0.15) is 0 Å². The molecule has 0 aliphatic carbocycles. The number of aryl methyl sites for hydroxylation is 1. The molecule has 200 valence electrons. The summed E-state index contributed by atoms with van der Waals surface area (Å²) in [5, 5.41) is 0. The van der Waals surface area contributed by atoms with Crippen LogP contribution in [0.25, 0.3) is 11.3 Å². The van der Waals surface area contributed by atoms with Crippen LogP contribution in [0.1, 0.15) is 121 Å². The van der Waals surface area contributed by atoms with Crippen molar-refractivity contribution in [3.05, 3.63) is 53.5 Å². The lowest BCUT2D eigenvalue weighted by Gasteiger charge is -2.29. The van der Waals surface area contributed by atoms with Gasteiger partial charge in [0.2, 0.25) is 0 Å². The summed E-state index contributed by atoms with van der Waals surface area (Å²) in [6.45, 7) is 5.98. The van der Waals surface area contributed by atoms with Gasteiger partial charge in [-0.05, 0) is 37.0 Å². The van der Waals surface area contributed by atoms with Gasteiger partial charge in [0.15, 0.2) is 6.29 Å². The van der Waals surface area contributed by atoms with Crippen LogP contribution in [0.3, 0.4) is 0 Å². The zero-order valence-corrected chi connectivity index (χ0v) is 22.8. The molecule has 0 amide bonds. The van der Waals surface area contributed by atoms with Gasteiger partial charge in [0.1, 0.15) is 5.82 Å². The summed E-state index contributed by atoms with van der Waals surface area (Å²) < 4.78 is 26.7. The van der Waals surface area contributed by atoms with Gasteiger partial charge in [-0.1, -0.05) is 109 Å². The number of hydrogen-bond acceptors (Lipinski definition) is 3. The van der Waals surface area contributed by atoms with Gasteiger partial charge in [0, 0.05) is 23.2 Å². The molecule has 0 saturated carbocycles. The molecule has 1 aromatic carbocycles. The fourth-order valence-electron chi connectivity index (χ4n) is 5.01. The van der Waals surface area contributed by atoms with Crippen molar-refractivity contribution in [2.45, 2.75) is 116 Å². The van der Waals surface area contributed by atoms with E-state index in [0.717, 1.165) is 48.4 Å². The Morgan fingerprint density at radius 2 is 1.42 bits per heavy atom. The molecule has 0 spiro atoms. The highest BCUT2D eigenvalue weighted by Gasteiger charge is 2.23. The zero-order valence-electron chi connectivity index (χ0n) is 22.8. The Bertz CT molecular complexity index is 846. The molecule has 0 N–H and O–H groups in total. The second kappa shape index (κ2) is 16.9. The van der Waals surface area contributed by atoms with Crippen molar-refractivity contribution in [2.24, 2.45) is 5.92 Å². The van der Waals surface area contributed by atoms with E-state index in [-0.39, 0.29) is 12.1 Å². The second-order valence-corrected chi connectivity index (χ2v) is 10.6. The van der Waals surface area contributed by atoms with Gasteiger partial charge < -0.3 is 9.47 Å². The highest BCUT2D eigenvalue weighted by atomic mass is 19.1. The molecule has 1 aliphatic rings. The Labute approximate surface area is 219 Å². The normalized spacial score (nSPS) is 18.0. The number of rotatable bonds is 17. The quantitative estimate of drug-likeness (QED) is 0.204. The third-order valence-electron chi connectivity index (χ3n) is 7.39. The molecule has 0 atom stereocenters. The lowest BCUT2D eigenvalue weighted by molar-refractivity contribution is -0.206. The average molecular weight is 498 g/mol. The first-order chi connectivity index (χ1) is 17.7. The SMILES string of the molecule is CCCCCCCCCc1ccc(-c2ccc(C3OCC(CCCCCCCC)CO3)cn2)cc1F. The first-order valence-corrected chi connectivity index (χ1v) is 14.7. The number of pyridine rings is 1. The minimum atomic E-state index is -0.353. The van der Waals surface area contributed by atoms with E-state index in [1.165, 1.54) is 83.5 Å². The molecule has 0 radical (unpaired) electrons. The minimum Gasteiger partial charge on any atom is -0.348 e. The molecule has 1 aromatic heterocycles. The Morgan fingerprint density at radius 1 is 0.778 bits per heavy atom. The Kier molecular flexibility index (Phi) is 13.5. The van der Waals surface area contributed by atoms with E-state index in [1.807, 2.05) is 24.3 Å². The molecule has 3 rings (SSSR count). The second-order valence-electron chi connectivity index (χ2n) is 10.6. The highest BCUT2D eigenvalue weighted by molar-refractivity contribution is 5.59. The maximum atomic E-state index is 14.7. The maximum Gasteiger partial charge on any atom is 0.185 e. The van der Waals surface area contributed by atoms with E-state index >= 15 is 0 Å². The molecular weight excluding hydrogens is 449 g/mol. The monoisotopic (exact) mass is 497 g/mol. The third kappa shape index (κ3) is 9.94. The number of hydrogen-bond donors (Lipinski definition) is 0. The summed E-state index contributed by atoms with van der Waals surface area (Å²) in [7, 11) is 0. The number of benzene rings is 1. The molecule has 1 aliphatic heterocycles. The minimum absolute atomic E-state index is 0.125. The summed E-state index contributed by atoms with van der Waals surface area (Å²) in [6, 6.07) is 9.47. The Balaban J connectivity index is 1.40. The van der Waals surface area contributed by atoms with E-state index in [2.05, 4.69) is 18.8 Å². The van der Waals surface area contributed by atoms with Crippen molar-refractivity contribution in [2.75, 3.05) is 13.2 Å². The Morgan fingerprint density at radius 3 is 2.03 bits per heavy atom. The van der Waals surface area contributed by atoms with E-state index in [4.69, 9.17) is 9.47 Å². The third-order valence-corrected chi connectivity index (χ3v) is 7.39. The molecule has 1 saturated heterocycles. The summed E-state index contributed by atoms with van der Waals surface area (Å²) in [6.07, 6.45) is 20.1. The first-order valence-electron chi connectivity index (χ1n) is 14.7. The molecule has 0 unspecified atom stereocenters. The number of aromatic nitrogens is 1. The fourth-order valence-corrected chi connectivity index (χ4v) is 5.01. The average Bonchev–Trinajstić information content (AvgIpc) is 2.91. The highest BCUT2D eigenvalue weighted by Crippen LogP contribution is 2.29. The number of ether oxygens (including phenoxy) is 2. The molecule has 2 aromatic rings. The molecule has 4 heteroatoms. The predicted octanol–water partition coefficient (Wildman–Crippen LogP) is 9.59. The summed E-state index contributed by atoms with van der Waals surface area (Å²) in [5.41, 5.74) is 3.32. The summed E-state index contributed by atoms with van der Waals surface area (Å²) in [5.74, 6) is 0.363. The van der Waals surface area contributed by atoms with Gasteiger partial charge in [0.05, 0.1) is 18.9 Å². The summed E-state index contributed by atoms with van der Waals surface area (Å²) in [4.78, 5) is 4.58. The van der Waals surface area contributed by atoms with E-state index in [9.17, 15) is 4.39 Å². The van der Waals surface area contributed by atoms with Crippen LogP contribution in [0.2, 0.25) is 0 Å². The van der Waals surface area contributed by atoms with Crippen molar-refractivity contribution in [3.8, 4) is 11.3 Å². The van der Waals surface area contributed by atoms with Crippen LogP contribution in [-0.4, -0.2) is 18.2 Å². The van der Waals surface area contributed by atoms with Crippen molar-refractivity contribution < 1.29 is 13.9 Å². The molecule has 1 fully saturated rings. The van der Waals surface area contributed by atoms with Gasteiger partial charge in [-0.15, -0.1) is 0 Å². The van der Waals surface area contributed by atoms with Crippen LogP contribution in [0.15, 0.2) is 36.5 Å². The van der Waals surface area contributed by atoms with E-state index < -0.39 is 0 Å². The van der Waals surface area contributed by atoms with Crippen LogP contribution in [-0.2, 0) is 15.9 Å². The van der Waals surface area contributed by atoms with Gasteiger partial charge >= 0.3 is 0 Å². The van der Waals surface area contributed by atoms with E-state index in [1.54, 1.807) is 12.3 Å². The smallest absolute Gasteiger partial charge is 0.185 e. The van der Waals surface area contributed by atoms with Crippen LogP contribution in [0, 0.1) is 11.7 Å².